The van der Waals surface area contributed by atoms with E-state index in [2.05, 4.69) is 10.4 Å². The highest BCUT2D eigenvalue weighted by Crippen LogP contribution is 2.29. The molecule has 6 nitrogen and oxygen atoms in total. The molecule has 0 radical (unpaired) electrons. The van der Waals surface area contributed by atoms with Crippen LogP contribution in [0.2, 0.25) is 0 Å². The number of nitrogens with zero attached hydrogens (tertiary/aromatic N) is 3. The highest BCUT2D eigenvalue weighted by atomic mass is 35.5. The zero-order valence-electron chi connectivity index (χ0n) is 13.9. The number of carbonyl (C=O) groups is 1. The molecule has 2 aliphatic heterocycles. The average molecular weight is 343 g/mol. The molecule has 23 heavy (non-hydrogen) atoms. The van der Waals surface area contributed by atoms with Gasteiger partial charge in [-0.25, -0.2) is 0 Å². The van der Waals surface area contributed by atoms with Crippen molar-refractivity contribution in [2.24, 2.45) is 13.0 Å². The molecule has 1 unspecified atom stereocenters. The van der Waals surface area contributed by atoms with Crippen molar-refractivity contribution in [1.29, 1.82) is 0 Å². The van der Waals surface area contributed by atoms with Crippen LogP contribution in [0.3, 0.4) is 0 Å². The zero-order chi connectivity index (χ0) is 15.5. The maximum absolute atomic E-state index is 12.8. The first-order valence-electron chi connectivity index (χ1n) is 8.21. The lowest BCUT2D eigenvalue weighted by atomic mass is 9.90. The van der Waals surface area contributed by atoms with Crippen LogP contribution < -0.4 is 5.32 Å². The fourth-order valence-electron chi connectivity index (χ4n) is 3.55. The fourth-order valence-corrected chi connectivity index (χ4v) is 3.55. The SMILES string of the molecule is CN(CC1CCCCO1)C(=O)[C@H]1CNC[C@@H]1c1cnn(C)c1.Cl. The molecule has 7 heteroatoms. The number of nitrogens with one attached hydrogen (secondary N) is 1. The Morgan fingerprint density at radius 2 is 2.30 bits per heavy atom. The van der Waals surface area contributed by atoms with Gasteiger partial charge in [-0.05, 0) is 24.8 Å². The first-order chi connectivity index (χ1) is 10.6. The average Bonchev–Trinajstić information content (AvgIpc) is 3.15. The van der Waals surface area contributed by atoms with Gasteiger partial charge in [-0.1, -0.05) is 0 Å². The standard InChI is InChI=1S/C16H26N4O2.ClH/c1-19(11-13-5-3-4-6-22-13)16(21)15-9-17-8-14(15)12-7-18-20(2)10-12;/h7,10,13-15,17H,3-6,8-9,11H2,1-2H3;1H/t13?,14-,15+;/m1./s1. The van der Waals surface area contributed by atoms with Crippen LogP contribution in [0.4, 0.5) is 0 Å². The Bertz CT molecular complexity index is 516. The number of hydrogen-bond acceptors (Lipinski definition) is 4. The van der Waals surface area contributed by atoms with Gasteiger partial charge in [-0.2, -0.15) is 5.10 Å². The highest BCUT2D eigenvalue weighted by Gasteiger charge is 2.36. The van der Waals surface area contributed by atoms with Crippen molar-refractivity contribution in [1.82, 2.24) is 20.0 Å². The molecule has 0 spiro atoms. The fraction of sp³-hybridized carbons (Fsp3) is 0.750. The van der Waals surface area contributed by atoms with Crippen LogP contribution >= 0.6 is 12.4 Å². The van der Waals surface area contributed by atoms with Crippen molar-refractivity contribution in [3.05, 3.63) is 18.0 Å². The predicted octanol–water partition coefficient (Wildman–Crippen LogP) is 1.17. The molecule has 1 amide bonds. The zero-order valence-corrected chi connectivity index (χ0v) is 14.7. The number of ether oxygens (including phenoxy) is 1. The summed E-state index contributed by atoms with van der Waals surface area (Å²) in [5, 5.41) is 7.59. The number of likely N-dealkylation sites (N-methyl/N-ethyl adjacent to an activating group) is 1. The lowest BCUT2D eigenvalue weighted by Gasteiger charge is -2.30. The van der Waals surface area contributed by atoms with Gasteiger partial charge in [-0.15, -0.1) is 12.4 Å². The minimum Gasteiger partial charge on any atom is -0.376 e. The van der Waals surface area contributed by atoms with E-state index in [4.69, 9.17) is 4.74 Å². The van der Waals surface area contributed by atoms with E-state index >= 15 is 0 Å². The Morgan fingerprint density at radius 3 is 2.96 bits per heavy atom. The van der Waals surface area contributed by atoms with E-state index in [0.29, 0.717) is 6.54 Å². The molecule has 2 fully saturated rings. The molecule has 0 bridgehead atoms. The van der Waals surface area contributed by atoms with Crippen molar-refractivity contribution in [3.63, 3.8) is 0 Å². The van der Waals surface area contributed by atoms with Crippen molar-refractivity contribution < 1.29 is 9.53 Å². The predicted molar refractivity (Wildman–Crippen MR) is 90.8 cm³/mol. The molecule has 0 aromatic carbocycles. The Balaban J connectivity index is 0.00000192. The van der Waals surface area contributed by atoms with Crippen LogP contribution in [0.15, 0.2) is 12.4 Å². The molecule has 1 N–H and O–H groups in total. The van der Waals surface area contributed by atoms with E-state index < -0.39 is 0 Å². The summed E-state index contributed by atoms with van der Waals surface area (Å²) in [4.78, 5) is 14.7. The minimum absolute atomic E-state index is 0. The lowest BCUT2D eigenvalue weighted by molar-refractivity contribution is -0.136. The van der Waals surface area contributed by atoms with E-state index in [1.807, 2.05) is 31.4 Å². The summed E-state index contributed by atoms with van der Waals surface area (Å²) in [6.07, 6.45) is 7.51. The molecule has 0 saturated carbocycles. The normalized spacial score (nSPS) is 27.5. The van der Waals surface area contributed by atoms with E-state index in [9.17, 15) is 4.79 Å². The number of halogens is 1. The van der Waals surface area contributed by atoms with Crippen molar-refractivity contribution >= 4 is 18.3 Å². The molecule has 130 valence electrons. The number of aromatic nitrogens is 2. The van der Waals surface area contributed by atoms with E-state index in [1.54, 1.807) is 4.68 Å². The van der Waals surface area contributed by atoms with Gasteiger partial charge in [0, 0.05) is 52.5 Å². The largest absolute Gasteiger partial charge is 0.376 e. The number of rotatable bonds is 4. The van der Waals surface area contributed by atoms with Crippen molar-refractivity contribution in [2.45, 2.75) is 31.3 Å². The topological polar surface area (TPSA) is 59.4 Å². The van der Waals surface area contributed by atoms with Crippen LogP contribution in [0, 0.1) is 5.92 Å². The summed E-state index contributed by atoms with van der Waals surface area (Å²) in [7, 11) is 3.81. The summed E-state index contributed by atoms with van der Waals surface area (Å²) >= 11 is 0. The number of aryl methyl sites for hydroxylation is 1. The molecule has 3 heterocycles. The number of carbonyl (C=O) groups excluding carboxylic acids is 1. The third kappa shape index (κ3) is 4.25. The summed E-state index contributed by atoms with van der Waals surface area (Å²) in [6, 6.07) is 0. The second kappa shape index (κ2) is 8.13. The van der Waals surface area contributed by atoms with Crippen molar-refractivity contribution in [2.75, 3.05) is 33.3 Å². The van der Waals surface area contributed by atoms with E-state index in [0.717, 1.165) is 38.1 Å². The van der Waals surface area contributed by atoms with Crippen molar-refractivity contribution in [3.8, 4) is 0 Å². The Morgan fingerprint density at radius 1 is 1.48 bits per heavy atom. The van der Waals surface area contributed by atoms with Crippen LogP contribution in [-0.4, -0.2) is 60.0 Å². The maximum Gasteiger partial charge on any atom is 0.227 e. The first kappa shape index (κ1) is 18.2. The molecule has 3 atom stereocenters. The van der Waals surface area contributed by atoms with E-state index in [1.165, 1.54) is 6.42 Å². The summed E-state index contributed by atoms with van der Waals surface area (Å²) in [5.74, 6) is 0.432. The van der Waals surface area contributed by atoms with Crippen LogP contribution in [0.25, 0.3) is 0 Å². The second-order valence-electron chi connectivity index (χ2n) is 6.53. The van der Waals surface area contributed by atoms with Gasteiger partial charge in [0.1, 0.15) is 0 Å². The van der Waals surface area contributed by atoms with Gasteiger partial charge in [0.2, 0.25) is 5.91 Å². The maximum atomic E-state index is 12.8. The molecular formula is C16H27ClN4O2. The number of hydrogen-bond donors (Lipinski definition) is 1. The van der Waals surface area contributed by atoms with Gasteiger partial charge in [0.25, 0.3) is 0 Å². The third-order valence-electron chi connectivity index (χ3n) is 4.81. The Kier molecular flexibility index (Phi) is 6.44. The molecule has 0 aliphatic carbocycles. The quantitative estimate of drug-likeness (QED) is 0.892. The molecule has 3 rings (SSSR count). The molecule has 2 aliphatic rings. The van der Waals surface area contributed by atoms with Gasteiger partial charge in [0.05, 0.1) is 18.2 Å². The summed E-state index contributed by atoms with van der Waals surface area (Å²) < 4.78 is 7.55. The molecule has 1 aromatic rings. The first-order valence-corrected chi connectivity index (χ1v) is 8.21. The third-order valence-corrected chi connectivity index (χ3v) is 4.81. The molecule has 1 aromatic heterocycles. The van der Waals surface area contributed by atoms with Crippen LogP contribution in [0.5, 0.6) is 0 Å². The van der Waals surface area contributed by atoms with Gasteiger partial charge < -0.3 is 15.0 Å². The second-order valence-corrected chi connectivity index (χ2v) is 6.53. The lowest BCUT2D eigenvalue weighted by Crippen LogP contribution is -2.41. The van der Waals surface area contributed by atoms with E-state index in [-0.39, 0.29) is 36.3 Å². The minimum atomic E-state index is -0.00205. The number of amides is 1. The summed E-state index contributed by atoms with van der Waals surface area (Å²) in [5.41, 5.74) is 1.15. The highest BCUT2D eigenvalue weighted by molar-refractivity contribution is 5.85. The van der Waals surface area contributed by atoms with Gasteiger partial charge in [-0.3, -0.25) is 9.48 Å². The van der Waals surface area contributed by atoms with Crippen LogP contribution in [0.1, 0.15) is 30.7 Å². The van der Waals surface area contributed by atoms with Crippen LogP contribution in [-0.2, 0) is 16.6 Å². The monoisotopic (exact) mass is 342 g/mol. The Hall–Kier alpha value is -1.11. The van der Waals surface area contributed by atoms with Gasteiger partial charge >= 0.3 is 0 Å². The van der Waals surface area contributed by atoms with Gasteiger partial charge in [0.15, 0.2) is 0 Å². The molecular weight excluding hydrogens is 316 g/mol. The Labute approximate surface area is 144 Å². The smallest absolute Gasteiger partial charge is 0.227 e. The summed E-state index contributed by atoms with van der Waals surface area (Å²) in [6.45, 7) is 3.12. The molecule has 2 saturated heterocycles.